The number of carbonyl (C=O) groups excluding carboxylic acids is 1. The minimum atomic E-state index is -0.217. The lowest BCUT2D eigenvalue weighted by Crippen LogP contribution is -2.43. The third-order valence-corrected chi connectivity index (χ3v) is 6.82. The number of amides is 1. The molecular formula is C23H23N3O. The number of rotatable bonds is 3. The molecule has 4 heteroatoms. The molecule has 1 amide bonds. The van der Waals surface area contributed by atoms with Crippen molar-refractivity contribution >= 4 is 11.6 Å². The minimum Gasteiger partial charge on any atom is -0.312 e. The lowest BCUT2D eigenvalue weighted by atomic mass is 9.72. The number of fused-ring (bicyclic) bond motifs is 3. The highest BCUT2D eigenvalue weighted by Gasteiger charge is 2.62. The van der Waals surface area contributed by atoms with Crippen LogP contribution in [0.5, 0.6) is 0 Å². The van der Waals surface area contributed by atoms with Gasteiger partial charge in [0.25, 0.3) is 0 Å². The molecule has 3 aliphatic rings. The Morgan fingerprint density at radius 3 is 2.78 bits per heavy atom. The molecule has 0 radical (unpaired) electrons. The van der Waals surface area contributed by atoms with E-state index in [4.69, 9.17) is 5.26 Å². The van der Waals surface area contributed by atoms with E-state index in [1.165, 1.54) is 12.0 Å². The fraction of sp³-hybridized carbons (Fsp3) is 0.391. The van der Waals surface area contributed by atoms with Crippen LogP contribution in [0.3, 0.4) is 0 Å². The Hall–Kier alpha value is -2.64. The van der Waals surface area contributed by atoms with Crippen molar-refractivity contribution in [3.63, 3.8) is 0 Å². The molecule has 4 nitrogen and oxygen atoms in total. The third kappa shape index (κ3) is 2.49. The van der Waals surface area contributed by atoms with Gasteiger partial charge in [-0.05, 0) is 55.5 Å². The predicted molar refractivity (Wildman–Crippen MR) is 104 cm³/mol. The molecule has 0 N–H and O–H groups in total. The first-order valence-corrected chi connectivity index (χ1v) is 9.83. The predicted octanol–water partition coefficient (Wildman–Crippen LogP) is 3.72. The summed E-state index contributed by atoms with van der Waals surface area (Å²) in [7, 11) is 0. The van der Waals surface area contributed by atoms with Gasteiger partial charge in [-0.25, -0.2) is 0 Å². The summed E-state index contributed by atoms with van der Waals surface area (Å²) in [4.78, 5) is 18.0. The second-order valence-corrected chi connectivity index (χ2v) is 8.13. The molecule has 3 fully saturated rings. The molecule has 0 saturated carbocycles. The molecule has 3 aliphatic heterocycles. The quantitative estimate of drug-likeness (QED) is 0.841. The number of nitriles is 1. The van der Waals surface area contributed by atoms with Crippen LogP contribution in [0.1, 0.15) is 36.8 Å². The van der Waals surface area contributed by atoms with E-state index in [0.717, 1.165) is 38.0 Å². The molecular weight excluding hydrogens is 334 g/mol. The molecule has 27 heavy (non-hydrogen) atoms. The monoisotopic (exact) mass is 357 g/mol. The Kier molecular flexibility index (Phi) is 3.80. The van der Waals surface area contributed by atoms with Gasteiger partial charge in [-0.2, -0.15) is 5.26 Å². The van der Waals surface area contributed by atoms with Crippen LogP contribution in [0.2, 0.25) is 0 Å². The van der Waals surface area contributed by atoms with E-state index >= 15 is 0 Å². The molecule has 1 spiro atoms. The van der Waals surface area contributed by atoms with Crippen LogP contribution >= 0.6 is 0 Å². The Morgan fingerprint density at radius 1 is 1.11 bits per heavy atom. The van der Waals surface area contributed by atoms with E-state index in [1.807, 2.05) is 53.4 Å². The number of hydrogen-bond donors (Lipinski definition) is 0. The Labute approximate surface area is 160 Å². The largest absolute Gasteiger partial charge is 0.312 e. The van der Waals surface area contributed by atoms with Crippen molar-refractivity contribution in [3.05, 3.63) is 65.7 Å². The standard InChI is InChI=1S/C23H23N3O/c24-15-17-5-4-6-18(13-17)16-26-20-9-10-21(26)23(14-20)11-12-25(22(23)27)19-7-2-1-3-8-19/h1-8,13,20-21H,9-12,14,16H2/t20-,21-,23+/m0/s1. The highest BCUT2D eigenvalue weighted by molar-refractivity contribution is 6.00. The second-order valence-electron chi connectivity index (χ2n) is 8.13. The van der Waals surface area contributed by atoms with Gasteiger partial charge < -0.3 is 4.90 Å². The van der Waals surface area contributed by atoms with Crippen LogP contribution < -0.4 is 4.90 Å². The summed E-state index contributed by atoms with van der Waals surface area (Å²) in [6.45, 7) is 1.66. The first kappa shape index (κ1) is 16.5. The molecule has 2 aromatic carbocycles. The van der Waals surface area contributed by atoms with Gasteiger partial charge in [-0.1, -0.05) is 30.3 Å². The third-order valence-electron chi connectivity index (χ3n) is 6.82. The number of para-hydroxylation sites is 1. The van der Waals surface area contributed by atoms with E-state index in [0.29, 0.717) is 23.6 Å². The maximum Gasteiger partial charge on any atom is 0.234 e. The molecule has 0 aliphatic carbocycles. The van der Waals surface area contributed by atoms with Crippen molar-refractivity contribution < 1.29 is 4.79 Å². The van der Waals surface area contributed by atoms with Crippen LogP contribution in [0.25, 0.3) is 0 Å². The van der Waals surface area contributed by atoms with Crippen LogP contribution in [-0.4, -0.2) is 29.4 Å². The number of benzene rings is 2. The first-order chi connectivity index (χ1) is 13.2. The fourth-order valence-electron chi connectivity index (χ4n) is 5.64. The molecule has 5 rings (SSSR count). The zero-order valence-electron chi connectivity index (χ0n) is 15.3. The minimum absolute atomic E-state index is 0.217. The Balaban J connectivity index is 1.40. The number of nitrogens with zero attached hydrogens (tertiary/aromatic N) is 3. The van der Waals surface area contributed by atoms with Crippen LogP contribution in [0.15, 0.2) is 54.6 Å². The molecule has 2 bridgehead atoms. The van der Waals surface area contributed by atoms with Gasteiger partial charge >= 0.3 is 0 Å². The molecule has 3 heterocycles. The molecule has 3 atom stereocenters. The fourth-order valence-corrected chi connectivity index (χ4v) is 5.64. The van der Waals surface area contributed by atoms with E-state index < -0.39 is 0 Å². The topological polar surface area (TPSA) is 47.3 Å². The summed E-state index contributed by atoms with van der Waals surface area (Å²) in [5, 5.41) is 9.17. The lowest BCUT2D eigenvalue weighted by Gasteiger charge is -2.32. The Bertz CT molecular complexity index is 919. The molecule has 2 aromatic rings. The number of carbonyl (C=O) groups is 1. The first-order valence-electron chi connectivity index (χ1n) is 9.83. The molecule has 0 aromatic heterocycles. The highest BCUT2D eigenvalue weighted by atomic mass is 16.2. The summed E-state index contributed by atoms with van der Waals surface area (Å²) in [5.74, 6) is 0.316. The van der Waals surface area contributed by atoms with Crippen molar-refractivity contribution in [2.75, 3.05) is 11.4 Å². The maximum absolute atomic E-state index is 13.5. The summed E-state index contributed by atoms with van der Waals surface area (Å²) >= 11 is 0. The average molecular weight is 357 g/mol. The van der Waals surface area contributed by atoms with Crippen molar-refractivity contribution in [2.45, 2.75) is 44.3 Å². The summed E-state index contributed by atoms with van der Waals surface area (Å²) in [6, 6.07) is 21.0. The van der Waals surface area contributed by atoms with Gasteiger partial charge in [-0.3, -0.25) is 9.69 Å². The SMILES string of the molecule is N#Cc1cccc(CN2[C@H]3CC[C@H]2[C@@]2(CCN(c4ccccc4)C2=O)C3)c1. The number of hydrogen-bond acceptors (Lipinski definition) is 3. The number of anilines is 1. The van der Waals surface area contributed by atoms with Crippen molar-refractivity contribution in [1.82, 2.24) is 4.90 Å². The van der Waals surface area contributed by atoms with Gasteiger partial charge in [0, 0.05) is 30.9 Å². The van der Waals surface area contributed by atoms with Crippen molar-refractivity contribution in [1.29, 1.82) is 5.26 Å². The van der Waals surface area contributed by atoms with Gasteiger partial charge in [-0.15, -0.1) is 0 Å². The summed E-state index contributed by atoms with van der Waals surface area (Å²) < 4.78 is 0. The highest BCUT2D eigenvalue weighted by Crippen LogP contribution is 2.55. The van der Waals surface area contributed by atoms with Crippen LogP contribution in [-0.2, 0) is 11.3 Å². The van der Waals surface area contributed by atoms with Gasteiger partial charge in [0.05, 0.1) is 17.0 Å². The van der Waals surface area contributed by atoms with Gasteiger partial charge in [0.1, 0.15) is 0 Å². The summed E-state index contributed by atoms with van der Waals surface area (Å²) in [5.41, 5.74) is 2.69. The molecule has 0 unspecified atom stereocenters. The van der Waals surface area contributed by atoms with Gasteiger partial charge in [0.15, 0.2) is 0 Å². The zero-order valence-corrected chi connectivity index (χ0v) is 15.3. The lowest BCUT2D eigenvalue weighted by molar-refractivity contribution is -0.127. The summed E-state index contributed by atoms with van der Waals surface area (Å²) in [6.07, 6.45) is 4.23. The van der Waals surface area contributed by atoms with Crippen LogP contribution in [0.4, 0.5) is 5.69 Å². The normalized spacial score (nSPS) is 29.6. The zero-order chi connectivity index (χ0) is 18.4. The van der Waals surface area contributed by atoms with Crippen molar-refractivity contribution in [3.8, 4) is 6.07 Å². The molecule has 3 saturated heterocycles. The van der Waals surface area contributed by atoms with E-state index in [-0.39, 0.29) is 5.41 Å². The van der Waals surface area contributed by atoms with E-state index in [2.05, 4.69) is 17.0 Å². The molecule has 136 valence electrons. The van der Waals surface area contributed by atoms with E-state index in [9.17, 15) is 4.79 Å². The maximum atomic E-state index is 13.5. The van der Waals surface area contributed by atoms with Crippen LogP contribution in [0, 0.1) is 16.7 Å². The average Bonchev–Trinajstić information content (AvgIpc) is 3.34. The van der Waals surface area contributed by atoms with E-state index in [1.54, 1.807) is 0 Å². The second kappa shape index (κ2) is 6.21. The smallest absolute Gasteiger partial charge is 0.234 e. The van der Waals surface area contributed by atoms with Gasteiger partial charge in [0.2, 0.25) is 5.91 Å². The Morgan fingerprint density at radius 2 is 1.96 bits per heavy atom. The van der Waals surface area contributed by atoms with Crippen molar-refractivity contribution in [2.24, 2.45) is 5.41 Å².